The van der Waals surface area contributed by atoms with Gasteiger partial charge in [0.25, 0.3) is 0 Å². The zero-order valence-corrected chi connectivity index (χ0v) is 14.3. The van der Waals surface area contributed by atoms with Gasteiger partial charge in [0.2, 0.25) is 5.91 Å². The van der Waals surface area contributed by atoms with E-state index < -0.39 is 9.84 Å². The largest absolute Gasteiger partial charge is 0.336 e. The van der Waals surface area contributed by atoms with Crippen molar-refractivity contribution in [1.29, 1.82) is 0 Å². The number of carbonyl (C=O) groups is 1. The molecular formula is C15H22N4O3S. The van der Waals surface area contributed by atoms with E-state index in [0.717, 1.165) is 5.56 Å². The summed E-state index contributed by atoms with van der Waals surface area (Å²) in [4.78, 5) is 24.4. The van der Waals surface area contributed by atoms with Gasteiger partial charge in [-0.25, -0.2) is 18.4 Å². The molecule has 2 aliphatic rings. The molecule has 0 bridgehead atoms. The number of rotatable bonds is 3. The standard InChI is InChI=1S/C15H22N4O3S/c1-3-15(20)19-5-4-18(8-12-6-16-11(2)17-7-12)13-9-23(21,22)10-14(13)19/h6-7,13-14H,3-5,8-10H2,1-2H3/t13-,14+/m0/s1. The lowest BCUT2D eigenvalue weighted by atomic mass is 10.0. The molecule has 2 atom stereocenters. The van der Waals surface area contributed by atoms with Crippen molar-refractivity contribution in [3.8, 4) is 0 Å². The Morgan fingerprint density at radius 1 is 1.22 bits per heavy atom. The Morgan fingerprint density at radius 2 is 1.87 bits per heavy atom. The van der Waals surface area contributed by atoms with Crippen LogP contribution in [0.25, 0.3) is 0 Å². The molecule has 3 heterocycles. The Bertz CT molecular complexity index is 689. The number of aryl methyl sites for hydroxylation is 1. The maximum Gasteiger partial charge on any atom is 0.222 e. The summed E-state index contributed by atoms with van der Waals surface area (Å²) >= 11 is 0. The number of amides is 1. The zero-order valence-electron chi connectivity index (χ0n) is 13.5. The lowest BCUT2D eigenvalue weighted by Crippen LogP contribution is -2.60. The van der Waals surface area contributed by atoms with Crippen molar-refractivity contribution < 1.29 is 13.2 Å². The Balaban J connectivity index is 1.81. The maximum absolute atomic E-state index is 12.1. The monoisotopic (exact) mass is 338 g/mol. The van der Waals surface area contributed by atoms with E-state index in [1.165, 1.54) is 0 Å². The Hall–Kier alpha value is -1.54. The number of carbonyl (C=O) groups excluding carboxylic acids is 1. The third kappa shape index (κ3) is 3.37. The summed E-state index contributed by atoms with van der Waals surface area (Å²) in [5.41, 5.74) is 0.967. The Labute approximate surface area is 136 Å². The second kappa shape index (κ2) is 6.16. The summed E-state index contributed by atoms with van der Waals surface area (Å²) in [6.07, 6.45) is 3.98. The molecule has 0 aromatic carbocycles. The van der Waals surface area contributed by atoms with Gasteiger partial charge in [-0.2, -0.15) is 0 Å². The minimum absolute atomic E-state index is 0.0374. The van der Waals surface area contributed by atoms with Crippen LogP contribution in [0.4, 0.5) is 0 Å². The fraction of sp³-hybridized carbons (Fsp3) is 0.667. The van der Waals surface area contributed by atoms with Crippen molar-refractivity contribution in [3.05, 3.63) is 23.8 Å². The second-order valence-corrected chi connectivity index (χ2v) is 8.42. The zero-order chi connectivity index (χ0) is 16.6. The molecule has 1 aromatic heterocycles. The van der Waals surface area contributed by atoms with Gasteiger partial charge in [-0.3, -0.25) is 9.69 Å². The van der Waals surface area contributed by atoms with Gasteiger partial charge in [0.1, 0.15) is 5.82 Å². The quantitative estimate of drug-likeness (QED) is 0.772. The molecule has 0 N–H and O–H groups in total. The molecule has 1 aromatic rings. The van der Waals surface area contributed by atoms with Crippen LogP contribution in [0.2, 0.25) is 0 Å². The fourth-order valence-electron chi connectivity index (χ4n) is 3.47. The van der Waals surface area contributed by atoms with Gasteiger partial charge in [-0.15, -0.1) is 0 Å². The highest BCUT2D eigenvalue weighted by Crippen LogP contribution is 2.28. The topological polar surface area (TPSA) is 83.5 Å². The van der Waals surface area contributed by atoms with E-state index in [1.54, 1.807) is 17.3 Å². The van der Waals surface area contributed by atoms with Crippen molar-refractivity contribution in [2.24, 2.45) is 0 Å². The highest BCUT2D eigenvalue weighted by Gasteiger charge is 2.47. The first-order chi connectivity index (χ1) is 10.9. The number of sulfone groups is 1. The van der Waals surface area contributed by atoms with E-state index in [-0.39, 0.29) is 29.5 Å². The predicted molar refractivity (Wildman–Crippen MR) is 85.4 cm³/mol. The summed E-state index contributed by atoms with van der Waals surface area (Å²) in [6.45, 7) is 5.52. The molecule has 0 unspecified atom stereocenters. The molecule has 0 aliphatic carbocycles. The molecule has 2 aliphatic heterocycles. The molecule has 23 heavy (non-hydrogen) atoms. The van der Waals surface area contributed by atoms with Crippen molar-refractivity contribution in [2.75, 3.05) is 24.6 Å². The lowest BCUT2D eigenvalue weighted by Gasteiger charge is -2.43. The number of piperazine rings is 1. The molecule has 2 saturated heterocycles. The average molecular weight is 338 g/mol. The van der Waals surface area contributed by atoms with Crippen LogP contribution in [-0.2, 0) is 21.2 Å². The molecule has 8 heteroatoms. The van der Waals surface area contributed by atoms with Crippen LogP contribution in [-0.4, -0.2) is 70.8 Å². The van der Waals surface area contributed by atoms with E-state index in [2.05, 4.69) is 14.9 Å². The van der Waals surface area contributed by atoms with Crippen molar-refractivity contribution >= 4 is 15.7 Å². The first kappa shape index (κ1) is 16.3. The van der Waals surface area contributed by atoms with Crippen molar-refractivity contribution in [1.82, 2.24) is 19.8 Å². The van der Waals surface area contributed by atoms with Gasteiger partial charge in [0.05, 0.1) is 17.5 Å². The van der Waals surface area contributed by atoms with E-state index in [0.29, 0.717) is 31.9 Å². The highest BCUT2D eigenvalue weighted by molar-refractivity contribution is 7.91. The molecule has 3 rings (SSSR count). The summed E-state index contributed by atoms with van der Waals surface area (Å²) < 4.78 is 24.2. The van der Waals surface area contributed by atoms with Gasteiger partial charge in [0, 0.05) is 50.1 Å². The van der Waals surface area contributed by atoms with Crippen LogP contribution < -0.4 is 0 Å². The molecule has 0 spiro atoms. The minimum Gasteiger partial charge on any atom is -0.336 e. The molecular weight excluding hydrogens is 316 g/mol. The predicted octanol–water partition coefficient (Wildman–Crippen LogP) is 0.00482. The van der Waals surface area contributed by atoms with Crippen LogP contribution in [0.3, 0.4) is 0 Å². The van der Waals surface area contributed by atoms with Crippen molar-refractivity contribution in [3.63, 3.8) is 0 Å². The van der Waals surface area contributed by atoms with E-state index in [4.69, 9.17) is 0 Å². The van der Waals surface area contributed by atoms with Crippen molar-refractivity contribution in [2.45, 2.75) is 38.9 Å². The molecule has 1 amide bonds. The van der Waals surface area contributed by atoms with Crippen LogP contribution in [0.15, 0.2) is 12.4 Å². The van der Waals surface area contributed by atoms with Crippen LogP contribution in [0.1, 0.15) is 24.7 Å². The molecule has 0 radical (unpaired) electrons. The molecule has 0 saturated carbocycles. The molecule has 126 valence electrons. The van der Waals surface area contributed by atoms with Gasteiger partial charge < -0.3 is 4.90 Å². The SMILES string of the molecule is CCC(=O)N1CCN(Cc2cnc(C)nc2)[C@H]2CS(=O)(=O)C[C@H]21. The number of hydrogen-bond donors (Lipinski definition) is 0. The summed E-state index contributed by atoms with van der Waals surface area (Å²) in [6, 6.07) is -0.363. The lowest BCUT2D eigenvalue weighted by molar-refractivity contribution is -0.136. The smallest absolute Gasteiger partial charge is 0.222 e. The van der Waals surface area contributed by atoms with Gasteiger partial charge in [-0.1, -0.05) is 6.92 Å². The maximum atomic E-state index is 12.1. The molecule has 7 nitrogen and oxygen atoms in total. The summed E-state index contributed by atoms with van der Waals surface area (Å²) in [7, 11) is -3.10. The Morgan fingerprint density at radius 3 is 2.52 bits per heavy atom. The summed E-state index contributed by atoms with van der Waals surface area (Å²) in [5.74, 6) is 0.950. The van der Waals surface area contributed by atoms with E-state index in [1.807, 2.05) is 13.8 Å². The van der Waals surface area contributed by atoms with Gasteiger partial charge >= 0.3 is 0 Å². The van der Waals surface area contributed by atoms with E-state index in [9.17, 15) is 13.2 Å². The van der Waals surface area contributed by atoms with E-state index >= 15 is 0 Å². The normalized spacial score (nSPS) is 27.0. The average Bonchev–Trinajstić information content (AvgIpc) is 2.84. The molecule has 2 fully saturated rings. The first-order valence-electron chi connectivity index (χ1n) is 7.91. The van der Waals surface area contributed by atoms with Crippen LogP contribution >= 0.6 is 0 Å². The number of hydrogen-bond acceptors (Lipinski definition) is 6. The Kier molecular flexibility index (Phi) is 4.37. The fourth-order valence-corrected chi connectivity index (χ4v) is 5.48. The third-order valence-electron chi connectivity index (χ3n) is 4.63. The third-order valence-corrected chi connectivity index (χ3v) is 6.33. The van der Waals surface area contributed by atoms with Gasteiger partial charge in [-0.05, 0) is 6.92 Å². The number of fused-ring (bicyclic) bond motifs is 1. The number of nitrogens with zero attached hydrogens (tertiary/aromatic N) is 4. The first-order valence-corrected chi connectivity index (χ1v) is 9.73. The van der Waals surface area contributed by atoms with Crippen LogP contribution in [0.5, 0.6) is 0 Å². The number of aromatic nitrogens is 2. The summed E-state index contributed by atoms with van der Waals surface area (Å²) in [5, 5.41) is 0. The highest BCUT2D eigenvalue weighted by atomic mass is 32.2. The second-order valence-electron chi connectivity index (χ2n) is 6.26. The van der Waals surface area contributed by atoms with Crippen LogP contribution in [0, 0.1) is 6.92 Å². The van der Waals surface area contributed by atoms with Gasteiger partial charge in [0.15, 0.2) is 9.84 Å². The minimum atomic E-state index is -3.10.